The summed E-state index contributed by atoms with van der Waals surface area (Å²) in [5.41, 5.74) is 0.668. The lowest BCUT2D eigenvalue weighted by Gasteiger charge is -2.58. The van der Waals surface area contributed by atoms with E-state index < -0.39 is 0 Å². The smallest absolute Gasteiger partial charge is 0.0315 e. The molecule has 0 nitrogen and oxygen atoms in total. The van der Waals surface area contributed by atoms with E-state index in [1.807, 2.05) is 0 Å². The lowest BCUT2D eigenvalue weighted by atomic mass is 9.45. The lowest BCUT2D eigenvalue weighted by molar-refractivity contribution is -0.0552. The van der Waals surface area contributed by atoms with Crippen molar-refractivity contribution in [1.29, 1.82) is 0 Å². The van der Waals surface area contributed by atoms with Crippen molar-refractivity contribution in [2.24, 2.45) is 21.7 Å². The van der Waals surface area contributed by atoms with Crippen LogP contribution in [0.25, 0.3) is 0 Å². The highest BCUT2D eigenvalue weighted by Crippen LogP contribution is 2.60. The summed E-state index contributed by atoms with van der Waals surface area (Å²) in [5, 5.41) is 0. The third kappa shape index (κ3) is 1.14. The summed E-state index contributed by atoms with van der Waals surface area (Å²) in [5.74, 6) is 6.89. The van der Waals surface area contributed by atoms with Crippen molar-refractivity contribution in [3.8, 4) is 11.8 Å². The molecule has 80 valence electrons. The molecule has 1 rings (SSSR count). The van der Waals surface area contributed by atoms with Crippen LogP contribution in [0.4, 0.5) is 0 Å². The molecule has 0 radical (unpaired) electrons. The highest BCUT2D eigenvalue weighted by molar-refractivity contribution is 5.28. The zero-order valence-electron chi connectivity index (χ0n) is 11.0. The molecule has 0 aliphatic heterocycles. The molecule has 0 spiro atoms. The van der Waals surface area contributed by atoms with Gasteiger partial charge in [0.25, 0.3) is 0 Å². The first-order valence-electron chi connectivity index (χ1n) is 5.50. The van der Waals surface area contributed by atoms with E-state index in [9.17, 15) is 0 Å². The van der Waals surface area contributed by atoms with Crippen LogP contribution in [0.5, 0.6) is 0 Å². The molecule has 14 heavy (non-hydrogen) atoms. The minimum atomic E-state index is 0.103. The van der Waals surface area contributed by atoms with Crippen molar-refractivity contribution in [1.82, 2.24) is 0 Å². The molecule has 0 saturated heterocycles. The van der Waals surface area contributed by atoms with Crippen LogP contribution < -0.4 is 0 Å². The number of hydrogen-bond donors (Lipinski definition) is 0. The zero-order chi connectivity index (χ0) is 11.4. The molecule has 0 saturated carbocycles. The second kappa shape index (κ2) is 2.57. The van der Waals surface area contributed by atoms with Gasteiger partial charge >= 0.3 is 0 Å². The minimum Gasteiger partial charge on any atom is -0.0959 e. The Morgan fingerprint density at radius 3 is 0.929 bits per heavy atom. The van der Waals surface area contributed by atoms with Gasteiger partial charge in [-0.1, -0.05) is 39.5 Å². The molecule has 0 bridgehead atoms. The molecule has 0 aromatic carbocycles. The van der Waals surface area contributed by atoms with E-state index in [0.29, 0.717) is 0 Å². The Balaban J connectivity index is 3.42. The zero-order valence-corrected chi connectivity index (χ0v) is 11.0. The molecule has 0 atom stereocenters. The van der Waals surface area contributed by atoms with Gasteiger partial charge in [0.2, 0.25) is 0 Å². The van der Waals surface area contributed by atoms with Crippen molar-refractivity contribution in [3.05, 3.63) is 0 Å². The molecule has 0 aromatic rings. The fourth-order valence-electron chi connectivity index (χ4n) is 2.19. The normalized spacial score (nSPS) is 30.3. The summed E-state index contributed by atoms with van der Waals surface area (Å²) in [6.07, 6.45) is 0. The molecular formula is C14H24. The van der Waals surface area contributed by atoms with Gasteiger partial charge in [-0.15, -0.1) is 0 Å². The van der Waals surface area contributed by atoms with Gasteiger partial charge in [0.15, 0.2) is 0 Å². The predicted molar refractivity (Wildman–Crippen MR) is 62.9 cm³/mol. The summed E-state index contributed by atoms with van der Waals surface area (Å²) < 4.78 is 0. The van der Waals surface area contributed by atoms with E-state index in [1.54, 1.807) is 0 Å². The van der Waals surface area contributed by atoms with Crippen LogP contribution in [-0.4, -0.2) is 0 Å². The SMILES string of the molecule is CC1(C)C#CC(C)(C)C(C)(C)C1(C)C. The molecule has 1 aliphatic carbocycles. The first-order chi connectivity index (χ1) is 5.96. The van der Waals surface area contributed by atoms with Crippen LogP contribution in [0.3, 0.4) is 0 Å². The monoisotopic (exact) mass is 192 g/mol. The van der Waals surface area contributed by atoms with Crippen molar-refractivity contribution < 1.29 is 0 Å². The van der Waals surface area contributed by atoms with Crippen molar-refractivity contribution >= 4 is 0 Å². The minimum absolute atomic E-state index is 0.103. The number of rotatable bonds is 0. The Hall–Kier alpha value is -0.440. The van der Waals surface area contributed by atoms with Crippen LogP contribution in [0.2, 0.25) is 0 Å². The van der Waals surface area contributed by atoms with E-state index >= 15 is 0 Å². The molecule has 0 unspecified atom stereocenters. The van der Waals surface area contributed by atoms with Crippen LogP contribution in [0, 0.1) is 33.5 Å². The van der Waals surface area contributed by atoms with Gasteiger partial charge in [-0.25, -0.2) is 0 Å². The molecule has 0 heterocycles. The van der Waals surface area contributed by atoms with Gasteiger partial charge in [0.05, 0.1) is 0 Å². The third-order valence-corrected chi connectivity index (χ3v) is 5.38. The van der Waals surface area contributed by atoms with Crippen LogP contribution in [0.1, 0.15) is 55.4 Å². The second-order valence-electron chi connectivity index (χ2n) is 6.75. The topological polar surface area (TPSA) is 0 Å². The quantitative estimate of drug-likeness (QED) is 0.507. The van der Waals surface area contributed by atoms with Crippen molar-refractivity contribution in [2.45, 2.75) is 55.4 Å². The molecule has 0 amide bonds. The van der Waals surface area contributed by atoms with E-state index in [1.165, 1.54) is 0 Å². The Morgan fingerprint density at radius 1 is 0.500 bits per heavy atom. The van der Waals surface area contributed by atoms with Gasteiger partial charge in [-0.2, -0.15) is 0 Å². The highest BCUT2D eigenvalue weighted by atomic mass is 14.6. The maximum atomic E-state index is 3.44. The maximum Gasteiger partial charge on any atom is 0.0315 e. The average Bonchev–Trinajstić information content (AvgIpc) is 1.98. The van der Waals surface area contributed by atoms with Gasteiger partial charge in [0.1, 0.15) is 0 Å². The largest absolute Gasteiger partial charge is 0.0959 e. The average molecular weight is 192 g/mol. The van der Waals surface area contributed by atoms with Gasteiger partial charge in [-0.3, -0.25) is 0 Å². The Bertz CT molecular complexity index is 273. The molecule has 0 N–H and O–H groups in total. The van der Waals surface area contributed by atoms with Crippen molar-refractivity contribution in [3.63, 3.8) is 0 Å². The predicted octanol–water partition coefficient (Wildman–Crippen LogP) is 4.11. The fraction of sp³-hybridized carbons (Fsp3) is 0.857. The fourth-order valence-corrected chi connectivity index (χ4v) is 2.19. The van der Waals surface area contributed by atoms with Gasteiger partial charge in [-0.05, 0) is 38.5 Å². The van der Waals surface area contributed by atoms with Crippen molar-refractivity contribution in [2.75, 3.05) is 0 Å². The molecular weight excluding hydrogens is 168 g/mol. The third-order valence-electron chi connectivity index (χ3n) is 5.38. The molecule has 0 heteroatoms. The highest BCUT2D eigenvalue weighted by Gasteiger charge is 2.56. The van der Waals surface area contributed by atoms with E-state index in [2.05, 4.69) is 67.2 Å². The lowest BCUT2D eigenvalue weighted by Crippen LogP contribution is -2.53. The molecule has 1 aliphatic rings. The summed E-state index contributed by atoms with van der Waals surface area (Å²) in [6, 6.07) is 0. The van der Waals surface area contributed by atoms with Gasteiger partial charge in [0, 0.05) is 10.8 Å². The molecule has 0 aromatic heterocycles. The van der Waals surface area contributed by atoms with Crippen LogP contribution in [0.15, 0.2) is 0 Å². The summed E-state index contributed by atoms with van der Waals surface area (Å²) in [4.78, 5) is 0. The van der Waals surface area contributed by atoms with E-state index in [4.69, 9.17) is 0 Å². The number of hydrogen-bond acceptors (Lipinski definition) is 0. The summed E-state index contributed by atoms with van der Waals surface area (Å²) in [6.45, 7) is 18.4. The second-order valence-corrected chi connectivity index (χ2v) is 6.75. The first kappa shape index (κ1) is 11.6. The maximum absolute atomic E-state index is 3.44. The Morgan fingerprint density at radius 2 is 0.714 bits per heavy atom. The Labute approximate surface area is 89.5 Å². The van der Waals surface area contributed by atoms with E-state index in [-0.39, 0.29) is 21.7 Å². The van der Waals surface area contributed by atoms with Crippen LogP contribution in [-0.2, 0) is 0 Å². The van der Waals surface area contributed by atoms with E-state index in [0.717, 1.165) is 0 Å². The summed E-state index contributed by atoms with van der Waals surface area (Å²) in [7, 11) is 0. The molecule has 0 fully saturated rings. The standard InChI is InChI=1S/C14H24/c1-11(2)9-10-12(3,4)14(7,8)13(11,5)6/h1-8H3. The summed E-state index contributed by atoms with van der Waals surface area (Å²) >= 11 is 0. The first-order valence-corrected chi connectivity index (χ1v) is 5.50. The Kier molecular flexibility index (Phi) is 2.13. The van der Waals surface area contributed by atoms with Crippen LogP contribution >= 0.6 is 0 Å². The van der Waals surface area contributed by atoms with Gasteiger partial charge < -0.3 is 0 Å².